The number of oxime groups is 1. The van der Waals surface area contributed by atoms with Crippen molar-refractivity contribution in [2.75, 3.05) is 25.6 Å². The van der Waals surface area contributed by atoms with Crippen LogP contribution in [0, 0.1) is 5.95 Å². The smallest absolute Gasteiger partial charge is 0.242 e. The molecule has 0 amide bonds. The summed E-state index contributed by atoms with van der Waals surface area (Å²) in [4.78, 5) is 13.5. The van der Waals surface area contributed by atoms with Crippen LogP contribution in [0.15, 0.2) is 54.1 Å². The Morgan fingerprint density at radius 1 is 1.24 bits per heavy atom. The van der Waals surface area contributed by atoms with Gasteiger partial charge in [-0.15, -0.1) is 5.10 Å². The first kappa shape index (κ1) is 24.4. The molecule has 10 nitrogen and oxygen atoms in total. The van der Waals surface area contributed by atoms with Gasteiger partial charge in [-0.3, -0.25) is 4.90 Å². The Hall–Kier alpha value is -4.25. The molecule has 1 aliphatic heterocycles. The van der Waals surface area contributed by atoms with Gasteiger partial charge in [-0.25, -0.2) is 14.5 Å². The van der Waals surface area contributed by atoms with Crippen LogP contribution >= 0.6 is 0 Å². The topological polar surface area (TPSA) is 112 Å². The van der Waals surface area contributed by atoms with Crippen molar-refractivity contribution in [3.05, 3.63) is 66.0 Å². The zero-order valence-corrected chi connectivity index (χ0v) is 20.8. The van der Waals surface area contributed by atoms with Crippen molar-refractivity contribution in [1.29, 1.82) is 0 Å². The second-order valence-electron chi connectivity index (χ2n) is 9.26. The molecule has 0 radical (unpaired) electrons. The molecule has 1 saturated heterocycles. The van der Waals surface area contributed by atoms with Gasteiger partial charge in [0.25, 0.3) is 0 Å². The maximum Gasteiger partial charge on any atom is 0.242 e. The summed E-state index contributed by atoms with van der Waals surface area (Å²) in [6, 6.07) is 10.0. The monoisotopic (exact) mass is 505 g/mol. The Kier molecular flexibility index (Phi) is 6.62. The Balaban J connectivity index is 1.32. The number of likely N-dealkylation sites (N-methyl/N-ethyl adjacent to an activating group) is 1. The van der Waals surface area contributed by atoms with Crippen molar-refractivity contribution >= 4 is 17.5 Å². The van der Waals surface area contributed by atoms with Crippen LogP contribution in [0.2, 0.25) is 0 Å². The lowest BCUT2D eigenvalue weighted by Gasteiger charge is -2.48. The highest BCUT2D eigenvalue weighted by Gasteiger charge is 2.35. The van der Waals surface area contributed by atoms with Crippen LogP contribution in [-0.4, -0.2) is 73.8 Å². The normalized spacial score (nSPS) is 17.8. The van der Waals surface area contributed by atoms with Crippen molar-refractivity contribution < 1.29 is 19.4 Å². The molecule has 2 unspecified atom stereocenters. The standard InChI is InChI=1S/C26H28FN7O3/c1-16-8-19(33(16)13-17-4-7-24(37-3)29-10-17)14-32(2)23-6-5-18(11-28-23)21-9-20(35)15-34-25(21)22(12-30-36)26(27)31-34/h4-7,9-12,15-16,19,35-36H,8,13-14H2,1-3H3/b30-12+. The molecule has 5 rings (SSSR count). The number of hydrogen-bond acceptors (Lipinski definition) is 9. The third kappa shape index (κ3) is 4.77. The lowest BCUT2D eigenvalue weighted by molar-refractivity contribution is 0.0227. The molecule has 0 aromatic carbocycles. The first-order valence-electron chi connectivity index (χ1n) is 11.9. The molecule has 11 heteroatoms. The van der Waals surface area contributed by atoms with Gasteiger partial charge in [0.1, 0.15) is 11.6 Å². The molecule has 0 spiro atoms. The van der Waals surface area contributed by atoms with E-state index in [1.165, 1.54) is 16.8 Å². The van der Waals surface area contributed by atoms with Crippen LogP contribution in [-0.2, 0) is 6.54 Å². The number of aromatic nitrogens is 4. The van der Waals surface area contributed by atoms with E-state index in [1.807, 2.05) is 37.5 Å². The molecule has 0 aliphatic carbocycles. The Morgan fingerprint density at radius 2 is 2.08 bits per heavy atom. The maximum atomic E-state index is 14.3. The van der Waals surface area contributed by atoms with E-state index in [1.54, 1.807) is 13.3 Å². The number of likely N-dealkylation sites (tertiary alicyclic amines) is 1. The molecule has 2 N–H and O–H groups in total. The molecule has 192 valence electrons. The SMILES string of the molecule is COc1ccc(CN2C(C)CC2CN(C)c2ccc(-c3cc(O)cn4nc(F)c(/C=N/O)c34)cn2)cn1. The Bertz CT molecular complexity index is 1420. The molecule has 0 bridgehead atoms. The number of pyridine rings is 3. The number of aromatic hydroxyl groups is 1. The summed E-state index contributed by atoms with van der Waals surface area (Å²) in [6.45, 7) is 3.85. The van der Waals surface area contributed by atoms with Crippen molar-refractivity contribution in [2.45, 2.75) is 32.0 Å². The van der Waals surface area contributed by atoms with Gasteiger partial charge in [-0.2, -0.15) is 4.39 Å². The predicted octanol–water partition coefficient (Wildman–Crippen LogP) is 3.55. The van der Waals surface area contributed by atoms with Crippen LogP contribution < -0.4 is 9.64 Å². The molecule has 1 aliphatic rings. The fourth-order valence-electron chi connectivity index (χ4n) is 4.92. The highest BCUT2D eigenvalue weighted by molar-refractivity contribution is 5.96. The van der Waals surface area contributed by atoms with E-state index < -0.39 is 5.95 Å². The zero-order chi connectivity index (χ0) is 26.1. The number of methoxy groups -OCH3 is 1. The molecule has 4 aromatic heterocycles. The van der Waals surface area contributed by atoms with E-state index in [9.17, 15) is 9.50 Å². The minimum Gasteiger partial charge on any atom is -0.506 e. The second kappa shape index (κ2) is 10.0. The number of fused-ring (bicyclic) bond motifs is 1. The summed E-state index contributed by atoms with van der Waals surface area (Å²) in [5.41, 5.74) is 2.70. The quantitative estimate of drug-likeness (QED) is 0.212. The van der Waals surface area contributed by atoms with Gasteiger partial charge < -0.3 is 20.0 Å². The molecule has 1 fully saturated rings. The molecule has 4 aromatic rings. The Morgan fingerprint density at radius 3 is 2.73 bits per heavy atom. The van der Waals surface area contributed by atoms with Gasteiger partial charge in [0, 0.05) is 61.8 Å². The molecule has 37 heavy (non-hydrogen) atoms. The van der Waals surface area contributed by atoms with Crippen molar-refractivity contribution in [1.82, 2.24) is 24.5 Å². The number of nitrogens with zero attached hydrogens (tertiary/aromatic N) is 7. The number of anilines is 1. The third-order valence-electron chi connectivity index (χ3n) is 6.85. The third-order valence-corrected chi connectivity index (χ3v) is 6.85. The van der Waals surface area contributed by atoms with E-state index in [-0.39, 0.29) is 11.3 Å². The lowest BCUT2D eigenvalue weighted by Crippen LogP contribution is -2.57. The largest absolute Gasteiger partial charge is 0.506 e. The highest BCUT2D eigenvalue weighted by atomic mass is 19.1. The van der Waals surface area contributed by atoms with Gasteiger partial charge in [-0.1, -0.05) is 11.2 Å². The van der Waals surface area contributed by atoms with Crippen molar-refractivity contribution in [3.63, 3.8) is 0 Å². The van der Waals surface area contributed by atoms with Crippen LogP contribution in [0.5, 0.6) is 11.6 Å². The van der Waals surface area contributed by atoms with Gasteiger partial charge in [0.2, 0.25) is 11.8 Å². The summed E-state index contributed by atoms with van der Waals surface area (Å²) >= 11 is 0. The van der Waals surface area contributed by atoms with Crippen LogP contribution in [0.25, 0.3) is 16.6 Å². The summed E-state index contributed by atoms with van der Waals surface area (Å²) in [7, 11) is 3.62. The average Bonchev–Trinajstić information content (AvgIpc) is 3.21. The van der Waals surface area contributed by atoms with E-state index in [2.05, 4.69) is 36.9 Å². The number of halogens is 1. The second-order valence-corrected chi connectivity index (χ2v) is 9.26. The molecular weight excluding hydrogens is 477 g/mol. The van der Waals surface area contributed by atoms with Gasteiger partial charge >= 0.3 is 0 Å². The summed E-state index contributed by atoms with van der Waals surface area (Å²) in [6.07, 6.45) is 6.90. The number of rotatable bonds is 8. The molecule has 2 atom stereocenters. The summed E-state index contributed by atoms with van der Waals surface area (Å²) in [5.74, 6) is 0.514. The van der Waals surface area contributed by atoms with E-state index in [0.717, 1.165) is 37.1 Å². The maximum absolute atomic E-state index is 14.3. The van der Waals surface area contributed by atoms with E-state index in [0.29, 0.717) is 34.6 Å². The average molecular weight is 506 g/mol. The number of hydrogen-bond donors (Lipinski definition) is 2. The molecular formula is C26H28FN7O3. The fraction of sp³-hybridized carbons (Fsp3) is 0.308. The minimum atomic E-state index is -0.807. The van der Waals surface area contributed by atoms with Crippen LogP contribution in [0.1, 0.15) is 24.5 Å². The van der Waals surface area contributed by atoms with Gasteiger partial charge in [0.15, 0.2) is 0 Å². The van der Waals surface area contributed by atoms with Gasteiger partial charge in [0.05, 0.1) is 30.6 Å². The highest BCUT2D eigenvalue weighted by Crippen LogP contribution is 2.32. The zero-order valence-electron chi connectivity index (χ0n) is 20.8. The number of ether oxygens (including phenoxy) is 1. The van der Waals surface area contributed by atoms with Gasteiger partial charge in [-0.05, 0) is 37.1 Å². The molecule has 5 heterocycles. The summed E-state index contributed by atoms with van der Waals surface area (Å²) in [5, 5.41) is 25.8. The summed E-state index contributed by atoms with van der Waals surface area (Å²) < 4.78 is 20.7. The lowest BCUT2D eigenvalue weighted by atomic mass is 9.93. The molecule has 0 saturated carbocycles. The van der Waals surface area contributed by atoms with Crippen molar-refractivity contribution in [2.24, 2.45) is 5.16 Å². The first-order valence-corrected chi connectivity index (χ1v) is 11.9. The predicted molar refractivity (Wildman–Crippen MR) is 137 cm³/mol. The van der Waals surface area contributed by atoms with Crippen LogP contribution in [0.3, 0.4) is 0 Å². The first-order chi connectivity index (χ1) is 17.9. The van der Waals surface area contributed by atoms with Crippen LogP contribution in [0.4, 0.5) is 10.2 Å². The minimum absolute atomic E-state index is 0.0185. The van der Waals surface area contributed by atoms with E-state index in [4.69, 9.17) is 9.94 Å². The van der Waals surface area contributed by atoms with Crippen molar-refractivity contribution in [3.8, 4) is 22.8 Å². The van der Waals surface area contributed by atoms with E-state index >= 15 is 0 Å². The fourth-order valence-corrected chi connectivity index (χ4v) is 4.92. The Labute approximate surface area is 213 Å².